The number of halogens is 3. The van der Waals surface area contributed by atoms with Gasteiger partial charge in [0.05, 0.1) is 10.6 Å². The van der Waals surface area contributed by atoms with Gasteiger partial charge >= 0.3 is 0 Å². The van der Waals surface area contributed by atoms with Crippen LogP contribution in [0.4, 0.5) is 13.2 Å². The SMILES string of the molecule is N[C@H](Cc1cc(F)c(F)cc1F)C1C[C@H]2CC[C@@H](C1)N2C(=O)CCS(=O)(=O)c1ccccc1. The zero-order valence-electron chi connectivity index (χ0n) is 18.1. The van der Waals surface area contributed by atoms with E-state index in [-0.39, 0.29) is 53.0 Å². The molecule has 2 N–H and O–H groups in total. The van der Waals surface area contributed by atoms with Crippen LogP contribution in [-0.4, -0.2) is 43.1 Å². The van der Waals surface area contributed by atoms with Crippen molar-refractivity contribution in [2.45, 2.75) is 61.5 Å². The van der Waals surface area contributed by atoms with Gasteiger partial charge in [0.2, 0.25) is 5.91 Å². The van der Waals surface area contributed by atoms with E-state index >= 15 is 0 Å². The summed E-state index contributed by atoms with van der Waals surface area (Å²) in [5.74, 6) is -3.58. The standard InChI is InChI=1S/C24H27F3N2O3S/c25-20-14-22(27)21(26)12-15(20)13-23(28)16-10-17-6-7-18(11-16)29(17)24(30)8-9-33(31,32)19-4-2-1-3-5-19/h1-5,12,14,16-18,23H,6-11,13,28H2/t16?,17-,18+,23-/m1/s1. The summed E-state index contributed by atoms with van der Waals surface area (Å²) in [4.78, 5) is 14.9. The number of hydrogen-bond donors (Lipinski definition) is 1. The Balaban J connectivity index is 1.37. The third-order valence-corrected chi connectivity index (χ3v) is 8.63. The summed E-state index contributed by atoms with van der Waals surface area (Å²) in [5.41, 5.74) is 6.37. The summed E-state index contributed by atoms with van der Waals surface area (Å²) >= 11 is 0. The fourth-order valence-corrected chi connectivity index (χ4v) is 6.46. The third kappa shape index (κ3) is 5.09. The van der Waals surface area contributed by atoms with Gasteiger partial charge in [-0.15, -0.1) is 0 Å². The van der Waals surface area contributed by atoms with Gasteiger partial charge in [-0.3, -0.25) is 4.79 Å². The number of benzene rings is 2. The van der Waals surface area contributed by atoms with Crippen LogP contribution >= 0.6 is 0 Å². The van der Waals surface area contributed by atoms with E-state index in [1.807, 2.05) is 4.90 Å². The number of nitrogens with zero attached hydrogens (tertiary/aromatic N) is 1. The maximum Gasteiger partial charge on any atom is 0.224 e. The van der Waals surface area contributed by atoms with E-state index in [0.717, 1.165) is 18.9 Å². The quantitative estimate of drug-likeness (QED) is 0.614. The van der Waals surface area contributed by atoms with Crippen molar-refractivity contribution in [2.24, 2.45) is 11.7 Å². The van der Waals surface area contributed by atoms with Crippen molar-refractivity contribution in [1.29, 1.82) is 0 Å². The molecule has 4 atom stereocenters. The Bertz CT molecular complexity index is 1110. The first kappa shape index (κ1) is 23.8. The fourth-order valence-electron chi connectivity index (χ4n) is 5.21. The molecule has 1 amide bonds. The molecule has 0 aromatic heterocycles. The Hall–Kier alpha value is -2.39. The molecule has 2 aromatic carbocycles. The molecule has 2 aliphatic heterocycles. The van der Waals surface area contributed by atoms with Crippen molar-refractivity contribution in [1.82, 2.24) is 4.90 Å². The highest BCUT2D eigenvalue weighted by molar-refractivity contribution is 7.91. The predicted molar refractivity (Wildman–Crippen MR) is 117 cm³/mol. The number of piperidine rings is 1. The molecule has 0 spiro atoms. The molecule has 1 unspecified atom stereocenters. The van der Waals surface area contributed by atoms with Gasteiger partial charge in [-0.2, -0.15) is 0 Å². The predicted octanol–water partition coefficient (Wildman–Crippen LogP) is 3.61. The van der Waals surface area contributed by atoms with E-state index in [4.69, 9.17) is 5.73 Å². The topological polar surface area (TPSA) is 80.5 Å². The van der Waals surface area contributed by atoms with Gasteiger partial charge in [-0.25, -0.2) is 21.6 Å². The number of hydrogen-bond acceptors (Lipinski definition) is 4. The van der Waals surface area contributed by atoms with E-state index in [1.54, 1.807) is 18.2 Å². The molecule has 9 heteroatoms. The first-order chi connectivity index (χ1) is 15.7. The molecule has 2 bridgehead atoms. The largest absolute Gasteiger partial charge is 0.337 e. The molecule has 2 aliphatic rings. The molecule has 2 aromatic rings. The van der Waals surface area contributed by atoms with Crippen molar-refractivity contribution >= 4 is 15.7 Å². The zero-order valence-corrected chi connectivity index (χ0v) is 18.9. The van der Waals surface area contributed by atoms with Crippen LogP contribution in [0.1, 0.15) is 37.7 Å². The van der Waals surface area contributed by atoms with Crippen LogP contribution in [0.15, 0.2) is 47.4 Å². The van der Waals surface area contributed by atoms with Crippen LogP contribution in [0.3, 0.4) is 0 Å². The van der Waals surface area contributed by atoms with E-state index < -0.39 is 33.3 Å². The van der Waals surface area contributed by atoms with Crippen molar-refractivity contribution in [3.8, 4) is 0 Å². The second kappa shape index (κ2) is 9.46. The highest BCUT2D eigenvalue weighted by Gasteiger charge is 2.44. The summed E-state index contributed by atoms with van der Waals surface area (Å²) in [7, 11) is -3.54. The molecule has 0 saturated carbocycles. The lowest BCUT2D eigenvalue weighted by Crippen LogP contribution is -2.50. The van der Waals surface area contributed by atoms with Gasteiger partial charge in [-0.1, -0.05) is 18.2 Å². The molecular formula is C24H27F3N2O3S. The number of sulfone groups is 1. The van der Waals surface area contributed by atoms with Crippen LogP contribution in [0, 0.1) is 23.4 Å². The Morgan fingerprint density at radius 1 is 1.00 bits per heavy atom. The summed E-state index contributed by atoms with van der Waals surface area (Å²) in [5, 5.41) is 0. The smallest absolute Gasteiger partial charge is 0.224 e. The van der Waals surface area contributed by atoms with E-state index in [9.17, 15) is 26.4 Å². The lowest BCUT2D eigenvalue weighted by Gasteiger charge is -2.41. The minimum atomic E-state index is -3.54. The van der Waals surface area contributed by atoms with Gasteiger partial charge in [0.15, 0.2) is 21.5 Å². The molecule has 2 heterocycles. The highest BCUT2D eigenvalue weighted by Crippen LogP contribution is 2.40. The highest BCUT2D eigenvalue weighted by atomic mass is 32.2. The van der Waals surface area contributed by atoms with Crippen LogP contribution in [0.5, 0.6) is 0 Å². The number of fused-ring (bicyclic) bond motifs is 2. The van der Waals surface area contributed by atoms with Crippen molar-refractivity contribution in [3.63, 3.8) is 0 Å². The molecular weight excluding hydrogens is 453 g/mol. The van der Waals surface area contributed by atoms with E-state index in [0.29, 0.717) is 18.9 Å². The fraction of sp³-hybridized carbons (Fsp3) is 0.458. The first-order valence-corrected chi connectivity index (χ1v) is 12.8. The monoisotopic (exact) mass is 480 g/mol. The van der Waals surface area contributed by atoms with Crippen molar-refractivity contribution in [3.05, 3.63) is 65.5 Å². The van der Waals surface area contributed by atoms with Gasteiger partial charge in [0, 0.05) is 30.6 Å². The van der Waals surface area contributed by atoms with Crippen LogP contribution in [0.25, 0.3) is 0 Å². The minimum Gasteiger partial charge on any atom is -0.337 e. The number of carbonyl (C=O) groups excluding carboxylic acids is 1. The summed E-state index contributed by atoms with van der Waals surface area (Å²) < 4.78 is 65.8. The van der Waals surface area contributed by atoms with Crippen LogP contribution in [0.2, 0.25) is 0 Å². The summed E-state index contributed by atoms with van der Waals surface area (Å²) in [6.07, 6.45) is 2.87. The normalized spacial score (nSPS) is 23.5. The van der Waals surface area contributed by atoms with E-state index in [1.165, 1.54) is 12.1 Å². The number of nitrogens with two attached hydrogens (primary N) is 1. The Kier molecular flexibility index (Phi) is 6.81. The van der Waals surface area contributed by atoms with Gasteiger partial charge in [0.25, 0.3) is 0 Å². The maximum atomic E-state index is 14.0. The molecule has 2 saturated heterocycles. The average molecular weight is 481 g/mol. The lowest BCUT2D eigenvalue weighted by molar-refractivity contribution is -0.136. The van der Waals surface area contributed by atoms with Crippen molar-refractivity contribution in [2.75, 3.05) is 5.75 Å². The van der Waals surface area contributed by atoms with Gasteiger partial charge < -0.3 is 10.6 Å². The first-order valence-electron chi connectivity index (χ1n) is 11.1. The number of amides is 1. The Labute approximate surface area is 191 Å². The number of rotatable bonds is 7. The minimum absolute atomic E-state index is 0.00659. The van der Waals surface area contributed by atoms with E-state index in [2.05, 4.69) is 0 Å². The Morgan fingerprint density at radius 3 is 2.24 bits per heavy atom. The summed E-state index contributed by atoms with van der Waals surface area (Å²) in [6.45, 7) is 0. The third-order valence-electron chi connectivity index (χ3n) is 6.89. The molecule has 33 heavy (non-hydrogen) atoms. The lowest BCUT2D eigenvalue weighted by atomic mass is 9.82. The zero-order chi connectivity index (χ0) is 23.8. The van der Waals surface area contributed by atoms with Crippen molar-refractivity contribution < 1.29 is 26.4 Å². The summed E-state index contributed by atoms with van der Waals surface area (Å²) in [6, 6.07) is 8.92. The molecule has 5 nitrogen and oxygen atoms in total. The molecule has 0 aliphatic carbocycles. The molecule has 178 valence electrons. The van der Waals surface area contributed by atoms with Crippen LogP contribution in [-0.2, 0) is 21.1 Å². The van der Waals surface area contributed by atoms with Crippen LogP contribution < -0.4 is 5.73 Å². The molecule has 0 radical (unpaired) electrons. The van der Waals surface area contributed by atoms with Gasteiger partial charge in [-0.05, 0) is 61.8 Å². The Morgan fingerprint density at radius 2 is 1.61 bits per heavy atom. The van der Waals surface area contributed by atoms with Gasteiger partial charge in [0.1, 0.15) is 5.82 Å². The second-order valence-corrected chi connectivity index (χ2v) is 11.1. The molecule has 4 rings (SSSR count). The maximum absolute atomic E-state index is 14.0. The second-order valence-electron chi connectivity index (χ2n) is 9.03. The average Bonchev–Trinajstić information content (AvgIpc) is 3.05. The number of carbonyl (C=O) groups is 1. The molecule has 2 fully saturated rings.